The van der Waals surface area contributed by atoms with Crippen LogP contribution in [0.3, 0.4) is 0 Å². The van der Waals surface area contributed by atoms with E-state index in [2.05, 4.69) is 10.3 Å². The SMILES string of the molecule is CC(C)(C(=O)N1CCC[C@@H](c2ccc(C(=O)NC3CCCC3)cn2)C1)c1ccc(F)cc1. The van der Waals surface area contributed by atoms with Crippen molar-refractivity contribution in [2.75, 3.05) is 13.1 Å². The molecule has 1 atom stereocenters. The van der Waals surface area contributed by atoms with Crippen LogP contribution in [-0.4, -0.2) is 40.8 Å². The Kier molecular flexibility index (Phi) is 6.58. The van der Waals surface area contributed by atoms with Crippen LogP contribution in [0.1, 0.15) is 79.9 Å². The molecule has 2 fully saturated rings. The fraction of sp³-hybridized carbons (Fsp3) is 0.500. The number of carbonyl (C=O) groups is 2. The van der Waals surface area contributed by atoms with Crippen molar-refractivity contribution in [2.24, 2.45) is 0 Å². The minimum atomic E-state index is -0.731. The first-order valence-electron chi connectivity index (χ1n) is 11.7. The molecule has 4 rings (SSSR count). The summed E-state index contributed by atoms with van der Waals surface area (Å²) in [6.07, 6.45) is 7.98. The number of piperidine rings is 1. The van der Waals surface area contributed by atoms with Crippen LogP contribution in [0.25, 0.3) is 0 Å². The van der Waals surface area contributed by atoms with Crippen LogP contribution in [0.5, 0.6) is 0 Å². The lowest BCUT2D eigenvalue weighted by atomic mass is 9.82. The third-order valence-electron chi connectivity index (χ3n) is 6.97. The fourth-order valence-corrected chi connectivity index (χ4v) is 4.91. The van der Waals surface area contributed by atoms with E-state index in [1.54, 1.807) is 18.3 Å². The molecule has 1 aromatic heterocycles. The monoisotopic (exact) mass is 437 g/mol. The van der Waals surface area contributed by atoms with E-state index in [1.807, 2.05) is 30.9 Å². The Labute approximate surface area is 189 Å². The predicted octanol–water partition coefficient (Wildman–Crippen LogP) is 4.58. The summed E-state index contributed by atoms with van der Waals surface area (Å²) in [5.74, 6) is -0.177. The Bertz CT molecular complexity index is 950. The molecular formula is C26H32FN3O2. The number of hydrogen-bond donors (Lipinski definition) is 1. The molecule has 5 nitrogen and oxygen atoms in total. The zero-order valence-electron chi connectivity index (χ0n) is 18.9. The normalized spacial score (nSPS) is 19.7. The number of hydrogen-bond acceptors (Lipinski definition) is 3. The fourth-order valence-electron chi connectivity index (χ4n) is 4.91. The minimum absolute atomic E-state index is 0.0429. The Morgan fingerprint density at radius 1 is 1.03 bits per heavy atom. The second-order valence-electron chi connectivity index (χ2n) is 9.65. The lowest BCUT2D eigenvalue weighted by Crippen LogP contribution is -2.47. The van der Waals surface area contributed by atoms with Crippen LogP contribution >= 0.6 is 0 Å². The van der Waals surface area contributed by atoms with Gasteiger partial charge in [-0.2, -0.15) is 0 Å². The average Bonchev–Trinajstić information content (AvgIpc) is 3.32. The van der Waals surface area contributed by atoms with E-state index in [9.17, 15) is 14.0 Å². The lowest BCUT2D eigenvalue weighted by molar-refractivity contribution is -0.137. The van der Waals surface area contributed by atoms with Crippen LogP contribution in [0.4, 0.5) is 4.39 Å². The van der Waals surface area contributed by atoms with E-state index in [-0.39, 0.29) is 29.6 Å². The summed E-state index contributed by atoms with van der Waals surface area (Å²) in [6.45, 7) is 5.09. The van der Waals surface area contributed by atoms with Crippen LogP contribution in [0.2, 0.25) is 0 Å². The highest BCUT2D eigenvalue weighted by Crippen LogP contribution is 2.31. The molecule has 1 aliphatic carbocycles. The van der Waals surface area contributed by atoms with Gasteiger partial charge in [-0.25, -0.2) is 4.39 Å². The van der Waals surface area contributed by atoms with Gasteiger partial charge in [0.1, 0.15) is 5.82 Å². The second kappa shape index (κ2) is 9.39. The lowest BCUT2D eigenvalue weighted by Gasteiger charge is -2.37. The van der Waals surface area contributed by atoms with Gasteiger partial charge in [0.15, 0.2) is 0 Å². The van der Waals surface area contributed by atoms with Gasteiger partial charge < -0.3 is 10.2 Å². The Balaban J connectivity index is 1.41. The molecule has 2 heterocycles. The molecule has 2 aromatic rings. The molecule has 1 saturated carbocycles. The standard InChI is InChI=1S/C26H32FN3O2/c1-26(2,20-10-12-21(27)13-11-20)25(32)30-15-5-6-19(17-30)23-14-9-18(16-28-23)24(31)29-22-7-3-4-8-22/h9-14,16,19,22H,3-8,15,17H2,1-2H3,(H,29,31)/t19-/m1/s1. The van der Waals surface area contributed by atoms with Crippen LogP contribution < -0.4 is 5.32 Å². The predicted molar refractivity (Wildman–Crippen MR) is 122 cm³/mol. The van der Waals surface area contributed by atoms with Crippen molar-refractivity contribution in [2.45, 2.75) is 69.7 Å². The van der Waals surface area contributed by atoms with Gasteiger partial charge in [0.05, 0.1) is 11.0 Å². The first-order valence-corrected chi connectivity index (χ1v) is 11.7. The summed E-state index contributed by atoms with van der Waals surface area (Å²) in [7, 11) is 0. The molecule has 1 N–H and O–H groups in total. The van der Waals surface area contributed by atoms with E-state index >= 15 is 0 Å². The van der Waals surface area contributed by atoms with Gasteiger partial charge in [0, 0.05) is 36.9 Å². The van der Waals surface area contributed by atoms with Crippen molar-refractivity contribution >= 4 is 11.8 Å². The molecule has 0 unspecified atom stereocenters. The largest absolute Gasteiger partial charge is 0.349 e. The number of pyridine rings is 1. The molecule has 6 heteroatoms. The van der Waals surface area contributed by atoms with E-state index in [4.69, 9.17) is 0 Å². The van der Waals surface area contributed by atoms with Gasteiger partial charge in [-0.3, -0.25) is 14.6 Å². The van der Waals surface area contributed by atoms with Crippen molar-refractivity contribution in [3.05, 3.63) is 65.2 Å². The van der Waals surface area contributed by atoms with Crippen LogP contribution in [0.15, 0.2) is 42.6 Å². The number of aromatic nitrogens is 1. The van der Waals surface area contributed by atoms with Gasteiger partial charge >= 0.3 is 0 Å². The Morgan fingerprint density at radius 3 is 2.41 bits per heavy atom. The maximum atomic E-state index is 13.3. The molecule has 32 heavy (non-hydrogen) atoms. The molecule has 1 aromatic carbocycles. The van der Waals surface area contributed by atoms with Crippen LogP contribution in [0, 0.1) is 5.82 Å². The molecule has 2 amide bonds. The van der Waals surface area contributed by atoms with Crippen molar-refractivity contribution in [3.8, 4) is 0 Å². The topological polar surface area (TPSA) is 62.3 Å². The number of nitrogens with zero attached hydrogens (tertiary/aromatic N) is 2. The maximum absolute atomic E-state index is 13.3. The summed E-state index contributed by atoms with van der Waals surface area (Å²) in [5, 5.41) is 3.10. The first-order chi connectivity index (χ1) is 15.3. The third-order valence-corrected chi connectivity index (χ3v) is 6.97. The third kappa shape index (κ3) is 4.84. The zero-order valence-corrected chi connectivity index (χ0v) is 18.9. The molecule has 0 spiro atoms. The number of halogens is 1. The molecule has 1 saturated heterocycles. The Morgan fingerprint density at radius 2 is 1.75 bits per heavy atom. The number of carbonyl (C=O) groups excluding carboxylic acids is 2. The minimum Gasteiger partial charge on any atom is -0.349 e. The molecule has 0 radical (unpaired) electrons. The molecular weight excluding hydrogens is 405 g/mol. The smallest absolute Gasteiger partial charge is 0.253 e. The van der Waals surface area contributed by atoms with Gasteiger partial charge in [-0.05, 0) is 69.4 Å². The zero-order chi connectivity index (χ0) is 22.7. The Hall–Kier alpha value is -2.76. The number of benzene rings is 1. The van der Waals surface area contributed by atoms with Crippen molar-refractivity contribution < 1.29 is 14.0 Å². The van der Waals surface area contributed by atoms with E-state index in [0.29, 0.717) is 18.7 Å². The van der Waals surface area contributed by atoms with Gasteiger partial charge in [-0.1, -0.05) is 25.0 Å². The van der Waals surface area contributed by atoms with Crippen LogP contribution in [-0.2, 0) is 10.2 Å². The van der Waals surface area contributed by atoms with Crippen molar-refractivity contribution in [3.63, 3.8) is 0 Å². The summed E-state index contributed by atoms with van der Waals surface area (Å²) in [4.78, 5) is 32.3. The van der Waals surface area contributed by atoms with Gasteiger partial charge in [0.25, 0.3) is 5.91 Å². The molecule has 0 bridgehead atoms. The van der Waals surface area contributed by atoms with Gasteiger partial charge in [-0.15, -0.1) is 0 Å². The number of rotatable bonds is 5. The van der Waals surface area contributed by atoms with Crippen molar-refractivity contribution in [1.82, 2.24) is 15.2 Å². The average molecular weight is 438 g/mol. The first kappa shape index (κ1) is 22.4. The summed E-state index contributed by atoms with van der Waals surface area (Å²) >= 11 is 0. The highest BCUT2D eigenvalue weighted by molar-refractivity contribution is 5.94. The summed E-state index contributed by atoms with van der Waals surface area (Å²) < 4.78 is 13.3. The van der Waals surface area contributed by atoms with Crippen molar-refractivity contribution in [1.29, 1.82) is 0 Å². The van der Waals surface area contributed by atoms with E-state index in [1.165, 1.54) is 25.0 Å². The van der Waals surface area contributed by atoms with E-state index < -0.39 is 5.41 Å². The van der Waals surface area contributed by atoms with Gasteiger partial charge in [0.2, 0.25) is 5.91 Å². The summed E-state index contributed by atoms with van der Waals surface area (Å²) in [6, 6.07) is 10.2. The highest BCUT2D eigenvalue weighted by atomic mass is 19.1. The summed E-state index contributed by atoms with van der Waals surface area (Å²) in [5.41, 5.74) is 1.58. The molecule has 1 aliphatic heterocycles. The number of likely N-dealkylation sites (tertiary alicyclic amines) is 1. The second-order valence-corrected chi connectivity index (χ2v) is 9.65. The maximum Gasteiger partial charge on any atom is 0.253 e. The van der Waals surface area contributed by atoms with E-state index in [0.717, 1.165) is 36.9 Å². The number of nitrogens with one attached hydrogen (secondary N) is 1. The molecule has 170 valence electrons. The number of amides is 2. The highest BCUT2D eigenvalue weighted by Gasteiger charge is 2.36. The quantitative estimate of drug-likeness (QED) is 0.745. The molecule has 2 aliphatic rings.